The third kappa shape index (κ3) is 5.45. The average Bonchev–Trinajstić information content (AvgIpc) is 2.96. The van der Waals surface area contributed by atoms with Gasteiger partial charge in [0.1, 0.15) is 5.75 Å². The lowest BCUT2D eigenvalue weighted by molar-refractivity contribution is -0.155. The van der Waals surface area contributed by atoms with Crippen LogP contribution in [0.4, 0.5) is 0 Å². The minimum atomic E-state index is -0.902. The molecule has 0 fully saturated rings. The van der Waals surface area contributed by atoms with Crippen molar-refractivity contribution in [3.63, 3.8) is 0 Å². The summed E-state index contributed by atoms with van der Waals surface area (Å²) >= 11 is 1.09. The number of hydrogen-bond acceptors (Lipinski definition) is 6. The standard InChI is InChI=1S/C18H22N2O5S/c1-12-11-26-18(23)20(12)9-8-16(21)25-13(2)17(22)19-10-14-4-6-15(24-3)7-5-14/h4-7,11,13H,8-10H2,1-3H3,(H,19,22)/t13-/m1/s1. The van der Waals surface area contributed by atoms with Gasteiger partial charge >= 0.3 is 10.8 Å². The Labute approximate surface area is 155 Å². The number of methoxy groups -OCH3 is 1. The van der Waals surface area contributed by atoms with Crippen molar-refractivity contribution in [2.24, 2.45) is 0 Å². The second-order valence-electron chi connectivity index (χ2n) is 5.74. The molecule has 1 heterocycles. The first kappa shape index (κ1) is 19.7. The molecule has 0 saturated heterocycles. The Balaban J connectivity index is 1.76. The van der Waals surface area contributed by atoms with Crippen LogP contribution in [0.2, 0.25) is 0 Å². The lowest BCUT2D eigenvalue weighted by atomic mass is 10.2. The van der Waals surface area contributed by atoms with Crippen LogP contribution >= 0.6 is 11.3 Å². The zero-order valence-electron chi connectivity index (χ0n) is 15.0. The van der Waals surface area contributed by atoms with Crippen molar-refractivity contribution in [3.8, 4) is 5.75 Å². The van der Waals surface area contributed by atoms with Gasteiger partial charge in [0.2, 0.25) is 0 Å². The third-order valence-electron chi connectivity index (χ3n) is 3.82. The van der Waals surface area contributed by atoms with Gasteiger partial charge in [-0.2, -0.15) is 0 Å². The topological polar surface area (TPSA) is 86.6 Å². The number of carbonyl (C=O) groups excluding carboxylic acids is 2. The van der Waals surface area contributed by atoms with E-state index in [-0.39, 0.29) is 23.7 Å². The Morgan fingerprint density at radius 1 is 1.27 bits per heavy atom. The summed E-state index contributed by atoms with van der Waals surface area (Å²) in [5.74, 6) is -0.157. The number of nitrogens with zero attached hydrogens (tertiary/aromatic N) is 1. The molecular formula is C18H22N2O5S. The smallest absolute Gasteiger partial charge is 0.308 e. The van der Waals surface area contributed by atoms with E-state index in [4.69, 9.17) is 9.47 Å². The number of amides is 1. The van der Waals surface area contributed by atoms with Crippen LogP contribution in [-0.4, -0.2) is 29.7 Å². The lowest BCUT2D eigenvalue weighted by Crippen LogP contribution is -2.35. The van der Waals surface area contributed by atoms with Gasteiger partial charge in [0, 0.05) is 24.2 Å². The van der Waals surface area contributed by atoms with Gasteiger partial charge in [0.05, 0.1) is 13.5 Å². The van der Waals surface area contributed by atoms with E-state index < -0.39 is 12.1 Å². The molecule has 1 aromatic carbocycles. The van der Waals surface area contributed by atoms with Gasteiger partial charge in [-0.15, -0.1) is 0 Å². The van der Waals surface area contributed by atoms with Crippen LogP contribution in [0.3, 0.4) is 0 Å². The Kier molecular flexibility index (Phi) is 6.97. The van der Waals surface area contributed by atoms with Gasteiger partial charge in [0.25, 0.3) is 5.91 Å². The Bertz CT molecular complexity index is 810. The Morgan fingerprint density at radius 3 is 2.54 bits per heavy atom. The van der Waals surface area contributed by atoms with Crippen LogP contribution in [0, 0.1) is 6.92 Å². The van der Waals surface area contributed by atoms with Gasteiger partial charge in [-0.1, -0.05) is 23.5 Å². The molecule has 0 saturated carbocycles. The molecule has 0 spiro atoms. The summed E-state index contributed by atoms with van der Waals surface area (Å²) in [4.78, 5) is 35.4. The van der Waals surface area contributed by atoms with Crippen LogP contribution in [0.25, 0.3) is 0 Å². The number of carbonyl (C=O) groups is 2. The summed E-state index contributed by atoms with van der Waals surface area (Å²) in [6, 6.07) is 7.30. The molecule has 1 aromatic heterocycles. The molecule has 1 amide bonds. The van der Waals surface area contributed by atoms with Crippen LogP contribution in [-0.2, 0) is 27.4 Å². The van der Waals surface area contributed by atoms with E-state index in [1.54, 1.807) is 31.5 Å². The monoisotopic (exact) mass is 378 g/mol. The van der Waals surface area contributed by atoms with E-state index in [9.17, 15) is 14.4 Å². The molecule has 1 N–H and O–H groups in total. The highest BCUT2D eigenvalue weighted by Crippen LogP contribution is 2.11. The minimum absolute atomic E-state index is 0.0353. The number of esters is 1. The van der Waals surface area contributed by atoms with Crippen LogP contribution in [0.15, 0.2) is 34.4 Å². The largest absolute Gasteiger partial charge is 0.497 e. The number of aryl methyl sites for hydroxylation is 1. The van der Waals surface area contributed by atoms with Crippen LogP contribution < -0.4 is 14.9 Å². The predicted octanol–water partition coefficient (Wildman–Crippen LogP) is 1.87. The summed E-state index contributed by atoms with van der Waals surface area (Å²) in [5, 5.41) is 4.46. The number of rotatable bonds is 8. The highest BCUT2D eigenvalue weighted by Gasteiger charge is 2.18. The van der Waals surface area contributed by atoms with Crippen molar-refractivity contribution >= 4 is 23.2 Å². The quantitative estimate of drug-likeness (QED) is 0.709. The molecule has 140 valence electrons. The fourth-order valence-corrected chi connectivity index (χ4v) is 3.02. The van der Waals surface area contributed by atoms with Gasteiger partial charge in [0.15, 0.2) is 6.10 Å². The summed E-state index contributed by atoms with van der Waals surface area (Å²) in [6.07, 6.45) is -0.867. The first-order valence-corrected chi connectivity index (χ1v) is 9.03. The summed E-state index contributed by atoms with van der Waals surface area (Å²) in [5.41, 5.74) is 1.71. The van der Waals surface area contributed by atoms with Gasteiger partial charge in [-0.25, -0.2) is 0 Å². The van der Waals surface area contributed by atoms with Crippen LogP contribution in [0.5, 0.6) is 5.75 Å². The van der Waals surface area contributed by atoms with E-state index in [2.05, 4.69) is 5.32 Å². The van der Waals surface area contributed by atoms with Crippen molar-refractivity contribution in [3.05, 3.63) is 50.6 Å². The molecule has 1 atom stereocenters. The third-order valence-corrected chi connectivity index (χ3v) is 4.70. The zero-order valence-corrected chi connectivity index (χ0v) is 15.8. The average molecular weight is 378 g/mol. The number of thiazole rings is 1. The first-order chi connectivity index (χ1) is 12.4. The second-order valence-corrected chi connectivity index (χ2v) is 6.56. The molecule has 0 unspecified atom stereocenters. The van der Waals surface area contributed by atoms with Crippen molar-refractivity contribution in [2.75, 3.05) is 7.11 Å². The van der Waals surface area contributed by atoms with E-state index in [0.29, 0.717) is 6.54 Å². The fraction of sp³-hybridized carbons (Fsp3) is 0.389. The maximum absolute atomic E-state index is 12.0. The number of benzene rings is 1. The Morgan fingerprint density at radius 2 is 1.96 bits per heavy atom. The molecule has 8 heteroatoms. The molecule has 26 heavy (non-hydrogen) atoms. The summed E-state index contributed by atoms with van der Waals surface area (Å²) in [7, 11) is 1.59. The number of aromatic nitrogens is 1. The van der Waals surface area contributed by atoms with E-state index in [1.807, 2.05) is 12.1 Å². The molecule has 0 bridgehead atoms. The van der Waals surface area contributed by atoms with Gasteiger partial charge in [-0.05, 0) is 31.5 Å². The van der Waals surface area contributed by atoms with Gasteiger partial charge < -0.3 is 19.4 Å². The van der Waals surface area contributed by atoms with Crippen molar-refractivity contribution in [2.45, 2.75) is 39.5 Å². The second kappa shape index (κ2) is 9.19. The molecule has 0 aliphatic rings. The molecule has 2 aromatic rings. The molecular weight excluding hydrogens is 356 g/mol. The summed E-state index contributed by atoms with van der Waals surface area (Å²) in [6.45, 7) is 3.89. The van der Waals surface area contributed by atoms with Crippen molar-refractivity contribution in [1.82, 2.24) is 9.88 Å². The molecule has 0 radical (unpaired) electrons. The minimum Gasteiger partial charge on any atom is -0.497 e. The number of nitrogens with one attached hydrogen (secondary N) is 1. The fourth-order valence-electron chi connectivity index (χ4n) is 2.26. The predicted molar refractivity (Wildman–Crippen MR) is 98.3 cm³/mol. The molecule has 2 rings (SSSR count). The lowest BCUT2D eigenvalue weighted by Gasteiger charge is -2.14. The van der Waals surface area contributed by atoms with Crippen LogP contribution in [0.1, 0.15) is 24.6 Å². The molecule has 0 aliphatic carbocycles. The van der Waals surface area contributed by atoms with Crippen molar-refractivity contribution in [1.29, 1.82) is 0 Å². The highest BCUT2D eigenvalue weighted by molar-refractivity contribution is 7.07. The maximum Gasteiger partial charge on any atom is 0.308 e. The van der Waals surface area contributed by atoms with Crippen molar-refractivity contribution < 1.29 is 19.1 Å². The number of ether oxygens (including phenoxy) is 2. The highest BCUT2D eigenvalue weighted by atomic mass is 32.1. The normalized spacial score (nSPS) is 11.7. The molecule has 7 nitrogen and oxygen atoms in total. The SMILES string of the molecule is COc1ccc(CNC(=O)[C@@H](C)OC(=O)CCn2c(C)csc2=O)cc1. The number of hydrogen-bond donors (Lipinski definition) is 1. The van der Waals surface area contributed by atoms with Gasteiger partial charge in [-0.3, -0.25) is 14.4 Å². The summed E-state index contributed by atoms with van der Waals surface area (Å²) < 4.78 is 11.7. The maximum atomic E-state index is 12.0. The van der Waals surface area contributed by atoms with E-state index in [0.717, 1.165) is 28.3 Å². The van der Waals surface area contributed by atoms with E-state index >= 15 is 0 Å². The Hall–Kier alpha value is -2.61. The van der Waals surface area contributed by atoms with E-state index in [1.165, 1.54) is 11.5 Å². The molecule has 0 aliphatic heterocycles. The first-order valence-electron chi connectivity index (χ1n) is 8.15. The zero-order chi connectivity index (χ0) is 19.1.